The van der Waals surface area contributed by atoms with Gasteiger partial charge in [-0.15, -0.1) is 0 Å². The Morgan fingerprint density at radius 3 is 2.75 bits per heavy atom. The molecule has 1 aromatic heterocycles. The van der Waals surface area contributed by atoms with Crippen molar-refractivity contribution in [1.29, 1.82) is 0 Å². The summed E-state index contributed by atoms with van der Waals surface area (Å²) in [5.41, 5.74) is 5.96. The standard InChI is InChI=1S/C8H8N6O2/c9-8-11-12-13-14(8)10-4-5-1-2-6(15)7(16)3-5/h1-4,15-16H,(H2,9,11,13)/b10-4-. The van der Waals surface area contributed by atoms with E-state index in [1.165, 1.54) is 18.3 Å². The maximum atomic E-state index is 9.23. The SMILES string of the molecule is Nc1nnnn1/N=C\c1ccc(O)c(O)c1. The van der Waals surface area contributed by atoms with E-state index in [9.17, 15) is 5.11 Å². The highest BCUT2D eigenvalue weighted by molar-refractivity contribution is 5.80. The lowest BCUT2D eigenvalue weighted by Gasteiger charge is -1.97. The first kappa shape index (κ1) is 9.90. The van der Waals surface area contributed by atoms with E-state index in [-0.39, 0.29) is 17.4 Å². The molecule has 0 aliphatic heterocycles. The first-order chi connectivity index (χ1) is 7.66. The minimum Gasteiger partial charge on any atom is -0.504 e. The second kappa shape index (κ2) is 3.85. The highest BCUT2D eigenvalue weighted by Gasteiger charge is 2.00. The molecule has 0 atom stereocenters. The van der Waals surface area contributed by atoms with Crippen molar-refractivity contribution in [2.45, 2.75) is 0 Å². The smallest absolute Gasteiger partial charge is 0.263 e. The van der Waals surface area contributed by atoms with Gasteiger partial charge in [0.05, 0.1) is 6.21 Å². The Balaban J connectivity index is 2.24. The summed E-state index contributed by atoms with van der Waals surface area (Å²) in [6.45, 7) is 0. The van der Waals surface area contributed by atoms with Gasteiger partial charge >= 0.3 is 0 Å². The van der Waals surface area contributed by atoms with E-state index >= 15 is 0 Å². The number of phenolic OH excluding ortho intramolecular Hbond substituents is 2. The average molecular weight is 220 g/mol. The monoisotopic (exact) mass is 220 g/mol. The van der Waals surface area contributed by atoms with Gasteiger partial charge in [-0.25, -0.2) is 0 Å². The van der Waals surface area contributed by atoms with Crippen molar-refractivity contribution in [2.75, 3.05) is 5.73 Å². The number of rotatable bonds is 2. The number of aromatic hydroxyl groups is 2. The maximum Gasteiger partial charge on any atom is 0.263 e. The van der Waals surface area contributed by atoms with Crippen molar-refractivity contribution in [3.8, 4) is 11.5 Å². The van der Waals surface area contributed by atoms with Crippen molar-refractivity contribution in [1.82, 2.24) is 20.3 Å². The van der Waals surface area contributed by atoms with E-state index in [0.717, 1.165) is 4.79 Å². The molecule has 8 heteroatoms. The van der Waals surface area contributed by atoms with E-state index < -0.39 is 0 Å². The molecule has 0 aliphatic carbocycles. The van der Waals surface area contributed by atoms with Gasteiger partial charge in [0.1, 0.15) is 0 Å². The number of nitrogens with zero attached hydrogens (tertiary/aromatic N) is 5. The first-order valence-electron chi connectivity index (χ1n) is 4.27. The molecule has 1 heterocycles. The van der Waals surface area contributed by atoms with Crippen LogP contribution in [0.1, 0.15) is 5.56 Å². The molecule has 0 amide bonds. The zero-order valence-electron chi connectivity index (χ0n) is 8.02. The second-order valence-electron chi connectivity index (χ2n) is 2.92. The van der Waals surface area contributed by atoms with Crippen molar-refractivity contribution in [3.63, 3.8) is 0 Å². The van der Waals surface area contributed by atoms with Crippen LogP contribution in [0.3, 0.4) is 0 Å². The largest absolute Gasteiger partial charge is 0.504 e. The number of hydrogen-bond acceptors (Lipinski definition) is 7. The molecule has 0 radical (unpaired) electrons. The lowest BCUT2D eigenvalue weighted by molar-refractivity contribution is 0.403. The highest BCUT2D eigenvalue weighted by Crippen LogP contribution is 2.23. The number of aromatic nitrogens is 4. The Kier molecular flexibility index (Phi) is 2.38. The van der Waals surface area contributed by atoms with E-state index in [0.29, 0.717) is 5.56 Å². The van der Waals surface area contributed by atoms with Gasteiger partial charge in [-0.1, -0.05) is 9.89 Å². The van der Waals surface area contributed by atoms with Gasteiger partial charge in [0.15, 0.2) is 11.5 Å². The number of nitrogens with two attached hydrogens (primary N) is 1. The van der Waals surface area contributed by atoms with Gasteiger partial charge in [-0.05, 0) is 34.2 Å². The summed E-state index contributed by atoms with van der Waals surface area (Å²) in [6.07, 6.45) is 1.39. The van der Waals surface area contributed by atoms with Crippen molar-refractivity contribution >= 4 is 12.2 Å². The predicted octanol–water partition coefficient (Wildman–Crippen LogP) is -0.451. The van der Waals surface area contributed by atoms with E-state index in [4.69, 9.17) is 10.8 Å². The zero-order valence-corrected chi connectivity index (χ0v) is 8.02. The van der Waals surface area contributed by atoms with Crippen molar-refractivity contribution in [3.05, 3.63) is 23.8 Å². The maximum absolute atomic E-state index is 9.23. The third kappa shape index (κ3) is 1.90. The first-order valence-corrected chi connectivity index (χ1v) is 4.27. The van der Waals surface area contributed by atoms with Crippen molar-refractivity contribution < 1.29 is 10.2 Å². The Bertz CT molecular complexity index is 535. The van der Waals surface area contributed by atoms with Gasteiger partial charge in [0.25, 0.3) is 5.95 Å². The Morgan fingerprint density at radius 2 is 2.12 bits per heavy atom. The quantitative estimate of drug-likeness (QED) is 0.465. The average Bonchev–Trinajstić information content (AvgIpc) is 2.66. The molecule has 0 aliphatic rings. The molecular formula is C8H8N6O2. The minimum atomic E-state index is -0.228. The van der Waals surface area contributed by atoms with E-state index in [1.54, 1.807) is 6.07 Å². The lowest BCUT2D eigenvalue weighted by Crippen LogP contribution is -1.99. The molecule has 0 unspecified atom stereocenters. The normalized spacial score (nSPS) is 11.0. The Hall–Kier alpha value is -2.64. The Labute approximate surface area is 89.6 Å². The third-order valence-corrected chi connectivity index (χ3v) is 1.79. The van der Waals surface area contributed by atoms with Gasteiger partial charge in [0, 0.05) is 0 Å². The summed E-state index contributed by atoms with van der Waals surface area (Å²) < 4.78 is 0. The highest BCUT2D eigenvalue weighted by atomic mass is 16.3. The van der Waals surface area contributed by atoms with E-state index in [2.05, 4.69) is 20.6 Å². The van der Waals surface area contributed by atoms with Gasteiger partial charge in [-0.3, -0.25) is 0 Å². The van der Waals surface area contributed by atoms with Crippen LogP contribution < -0.4 is 5.73 Å². The van der Waals surface area contributed by atoms with E-state index in [1.807, 2.05) is 0 Å². The molecule has 2 rings (SSSR count). The number of anilines is 1. The molecule has 2 aromatic rings. The molecule has 16 heavy (non-hydrogen) atoms. The number of benzene rings is 1. The second-order valence-corrected chi connectivity index (χ2v) is 2.92. The van der Waals surface area contributed by atoms with Gasteiger partial charge in [0.2, 0.25) is 0 Å². The molecule has 0 spiro atoms. The number of nitrogen functional groups attached to an aromatic ring is 1. The summed E-state index contributed by atoms with van der Waals surface area (Å²) in [5.74, 6) is -0.369. The van der Waals surface area contributed by atoms with Crippen LogP contribution in [-0.4, -0.2) is 36.7 Å². The summed E-state index contributed by atoms with van der Waals surface area (Å²) in [7, 11) is 0. The molecule has 0 saturated heterocycles. The Morgan fingerprint density at radius 1 is 1.31 bits per heavy atom. The molecular weight excluding hydrogens is 212 g/mol. The number of tetrazole rings is 1. The molecule has 0 saturated carbocycles. The fraction of sp³-hybridized carbons (Fsp3) is 0. The fourth-order valence-corrected chi connectivity index (χ4v) is 1.01. The number of hydrogen-bond donors (Lipinski definition) is 3. The van der Waals surface area contributed by atoms with Crippen LogP contribution in [0.4, 0.5) is 5.95 Å². The van der Waals surface area contributed by atoms with Crippen LogP contribution in [0.15, 0.2) is 23.3 Å². The van der Waals surface area contributed by atoms with Crippen LogP contribution in [-0.2, 0) is 0 Å². The summed E-state index contributed by atoms with van der Waals surface area (Å²) in [6, 6.07) is 4.26. The van der Waals surface area contributed by atoms with Crippen LogP contribution in [0.2, 0.25) is 0 Å². The number of phenols is 2. The van der Waals surface area contributed by atoms with Crippen LogP contribution in [0.25, 0.3) is 0 Å². The molecule has 8 nitrogen and oxygen atoms in total. The lowest BCUT2D eigenvalue weighted by atomic mass is 10.2. The topological polar surface area (TPSA) is 122 Å². The minimum absolute atomic E-state index is 0.0549. The summed E-state index contributed by atoms with van der Waals surface area (Å²) in [4.78, 5) is 1.03. The third-order valence-electron chi connectivity index (χ3n) is 1.79. The molecule has 4 N–H and O–H groups in total. The predicted molar refractivity (Wildman–Crippen MR) is 55.0 cm³/mol. The van der Waals surface area contributed by atoms with Crippen LogP contribution >= 0.6 is 0 Å². The van der Waals surface area contributed by atoms with Crippen LogP contribution in [0.5, 0.6) is 11.5 Å². The summed E-state index contributed by atoms with van der Waals surface area (Å²) in [5, 5.41) is 32.4. The zero-order chi connectivity index (χ0) is 11.5. The molecule has 0 fully saturated rings. The van der Waals surface area contributed by atoms with Crippen LogP contribution in [0, 0.1) is 0 Å². The fourth-order valence-electron chi connectivity index (χ4n) is 1.01. The van der Waals surface area contributed by atoms with Gasteiger partial charge < -0.3 is 15.9 Å². The molecule has 0 bridgehead atoms. The van der Waals surface area contributed by atoms with Gasteiger partial charge in [-0.2, -0.15) is 5.10 Å². The molecule has 1 aromatic carbocycles. The summed E-state index contributed by atoms with van der Waals surface area (Å²) >= 11 is 0. The molecule has 82 valence electrons. The van der Waals surface area contributed by atoms with Crippen molar-refractivity contribution in [2.24, 2.45) is 5.10 Å².